The van der Waals surface area contributed by atoms with Gasteiger partial charge in [0, 0.05) is 31.1 Å². The number of aromatic hydroxyl groups is 1. The largest absolute Gasteiger partial charge is 0.506 e. The number of rotatable bonds is 6. The van der Waals surface area contributed by atoms with Crippen molar-refractivity contribution < 1.29 is 14.7 Å². The minimum absolute atomic E-state index is 0.00982. The number of likely N-dealkylation sites (tertiary alicyclic amines) is 1. The molecule has 4 rings (SSSR count). The molecule has 1 heterocycles. The maximum Gasteiger partial charge on any atom is 0.255 e. The number of nitrogens with zero attached hydrogens (tertiary/aromatic N) is 1. The third kappa shape index (κ3) is 5.07. The fourth-order valence-electron chi connectivity index (χ4n) is 5.33. The molecule has 0 aromatic heterocycles. The SMILES string of the molecule is CCNC(=O)C1CC(NC(=O)c2ccc3ccccc3c2O)CCN1CC1CCCCC1. The van der Waals surface area contributed by atoms with Crippen molar-refractivity contribution in [3.05, 3.63) is 42.0 Å². The summed E-state index contributed by atoms with van der Waals surface area (Å²) in [6.07, 6.45) is 7.81. The molecule has 2 aliphatic rings. The van der Waals surface area contributed by atoms with Gasteiger partial charge < -0.3 is 15.7 Å². The topological polar surface area (TPSA) is 81.7 Å². The number of amides is 2. The van der Waals surface area contributed by atoms with Crippen molar-refractivity contribution in [3.8, 4) is 5.75 Å². The van der Waals surface area contributed by atoms with Crippen molar-refractivity contribution in [1.29, 1.82) is 0 Å². The van der Waals surface area contributed by atoms with Crippen molar-refractivity contribution >= 4 is 22.6 Å². The van der Waals surface area contributed by atoms with Crippen LogP contribution in [0.1, 0.15) is 62.2 Å². The summed E-state index contributed by atoms with van der Waals surface area (Å²) < 4.78 is 0. The van der Waals surface area contributed by atoms with E-state index in [2.05, 4.69) is 15.5 Å². The molecular weight excluding hydrogens is 402 g/mol. The number of phenols is 1. The number of hydrogen-bond donors (Lipinski definition) is 3. The zero-order valence-electron chi connectivity index (χ0n) is 19.0. The van der Waals surface area contributed by atoms with Crippen LogP contribution in [0, 0.1) is 5.92 Å². The average Bonchev–Trinajstić information content (AvgIpc) is 2.81. The van der Waals surface area contributed by atoms with E-state index in [1.807, 2.05) is 37.3 Å². The van der Waals surface area contributed by atoms with E-state index in [4.69, 9.17) is 0 Å². The van der Waals surface area contributed by atoms with Gasteiger partial charge in [0.1, 0.15) is 5.75 Å². The molecule has 1 saturated heterocycles. The van der Waals surface area contributed by atoms with Gasteiger partial charge in [-0.2, -0.15) is 0 Å². The third-order valence-electron chi connectivity index (χ3n) is 7.06. The summed E-state index contributed by atoms with van der Waals surface area (Å²) in [5.74, 6) is 0.446. The number of benzene rings is 2. The molecule has 32 heavy (non-hydrogen) atoms. The fourth-order valence-corrected chi connectivity index (χ4v) is 5.33. The molecule has 2 fully saturated rings. The first-order valence-corrected chi connectivity index (χ1v) is 12.1. The van der Waals surface area contributed by atoms with Gasteiger partial charge in [-0.25, -0.2) is 0 Å². The predicted octanol–water partition coefficient (Wildman–Crippen LogP) is 3.82. The highest BCUT2D eigenvalue weighted by molar-refractivity contribution is 6.03. The van der Waals surface area contributed by atoms with Crippen LogP contribution in [0.3, 0.4) is 0 Å². The molecule has 0 radical (unpaired) electrons. The van der Waals surface area contributed by atoms with Crippen LogP contribution < -0.4 is 10.6 Å². The van der Waals surface area contributed by atoms with Crippen LogP contribution in [0.5, 0.6) is 5.75 Å². The Morgan fingerprint density at radius 3 is 2.62 bits per heavy atom. The molecular formula is C26H35N3O3. The number of carbonyl (C=O) groups is 2. The van der Waals surface area contributed by atoms with E-state index >= 15 is 0 Å². The molecule has 0 bridgehead atoms. The van der Waals surface area contributed by atoms with Gasteiger partial charge in [-0.1, -0.05) is 49.6 Å². The molecule has 2 aromatic rings. The summed E-state index contributed by atoms with van der Waals surface area (Å²) in [4.78, 5) is 28.2. The Labute approximate surface area is 190 Å². The Morgan fingerprint density at radius 1 is 1.06 bits per heavy atom. The number of hydrogen-bond acceptors (Lipinski definition) is 4. The lowest BCUT2D eigenvalue weighted by Crippen LogP contribution is -2.56. The molecule has 1 aliphatic carbocycles. The fraction of sp³-hybridized carbons (Fsp3) is 0.538. The van der Waals surface area contributed by atoms with Gasteiger partial charge in [-0.3, -0.25) is 14.5 Å². The smallest absolute Gasteiger partial charge is 0.255 e. The van der Waals surface area contributed by atoms with Crippen molar-refractivity contribution in [2.45, 2.75) is 64.0 Å². The normalized spacial score (nSPS) is 22.5. The number of phenolic OH excluding ortho intramolecular Hbond substituents is 1. The zero-order chi connectivity index (χ0) is 22.5. The summed E-state index contributed by atoms with van der Waals surface area (Å²) in [6, 6.07) is 10.7. The summed E-state index contributed by atoms with van der Waals surface area (Å²) in [6.45, 7) is 4.31. The minimum atomic E-state index is -0.284. The molecule has 2 unspecified atom stereocenters. The number of likely N-dealkylation sites (N-methyl/N-ethyl adjacent to an activating group) is 1. The highest BCUT2D eigenvalue weighted by atomic mass is 16.3. The quantitative estimate of drug-likeness (QED) is 0.642. The summed E-state index contributed by atoms with van der Waals surface area (Å²) in [5, 5.41) is 18.3. The second-order valence-electron chi connectivity index (χ2n) is 9.29. The minimum Gasteiger partial charge on any atom is -0.506 e. The van der Waals surface area contributed by atoms with Gasteiger partial charge in [0.15, 0.2) is 0 Å². The van der Waals surface area contributed by atoms with Crippen LogP contribution in [0.2, 0.25) is 0 Å². The lowest BCUT2D eigenvalue weighted by molar-refractivity contribution is -0.128. The van der Waals surface area contributed by atoms with Gasteiger partial charge in [0.2, 0.25) is 5.91 Å². The monoisotopic (exact) mass is 437 g/mol. The van der Waals surface area contributed by atoms with Crippen LogP contribution in [0.15, 0.2) is 36.4 Å². The standard InChI is InChI=1S/C26H35N3O3/c1-2-27-26(32)23-16-20(14-15-29(23)17-18-8-4-3-5-9-18)28-25(31)22-13-12-19-10-6-7-11-21(19)24(22)30/h6-7,10-13,18,20,23,30H,2-5,8-9,14-17H2,1H3,(H,27,32)(H,28,31). The van der Waals surface area contributed by atoms with E-state index < -0.39 is 0 Å². The van der Waals surface area contributed by atoms with E-state index in [1.54, 1.807) is 6.07 Å². The van der Waals surface area contributed by atoms with Gasteiger partial charge in [0.05, 0.1) is 11.6 Å². The first-order valence-electron chi connectivity index (χ1n) is 12.1. The molecule has 6 heteroatoms. The molecule has 1 aliphatic heterocycles. The van der Waals surface area contributed by atoms with Crippen LogP contribution in [0.25, 0.3) is 10.8 Å². The highest BCUT2D eigenvalue weighted by Crippen LogP contribution is 2.30. The van der Waals surface area contributed by atoms with E-state index in [0.29, 0.717) is 24.3 Å². The van der Waals surface area contributed by atoms with Crippen molar-refractivity contribution in [2.24, 2.45) is 5.92 Å². The molecule has 3 N–H and O–H groups in total. The van der Waals surface area contributed by atoms with Crippen LogP contribution in [-0.4, -0.2) is 53.5 Å². The lowest BCUT2D eigenvalue weighted by atomic mass is 9.87. The first-order chi connectivity index (χ1) is 15.6. The van der Waals surface area contributed by atoms with Crippen molar-refractivity contribution in [3.63, 3.8) is 0 Å². The average molecular weight is 438 g/mol. The molecule has 6 nitrogen and oxygen atoms in total. The maximum absolute atomic E-state index is 13.0. The Bertz CT molecular complexity index is 954. The van der Waals surface area contributed by atoms with Crippen molar-refractivity contribution in [1.82, 2.24) is 15.5 Å². The lowest BCUT2D eigenvalue weighted by Gasteiger charge is -2.41. The van der Waals surface area contributed by atoms with Crippen LogP contribution in [0.4, 0.5) is 0 Å². The van der Waals surface area contributed by atoms with Crippen LogP contribution >= 0.6 is 0 Å². The van der Waals surface area contributed by atoms with E-state index in [1.165, 1.54) is 32.1 Å². The summed E-state index contributed by atoms with van der Waals surface area (Å²) >= 11 is 0. The van der Waals surface area contributed by atoms with Gasteiger partial charge in [-0.15, -0.1) is 0 Å². The molecule has 2 aromatic carbocycles. The summed E-state index contributed by atoms with van der Waals surface area (Å²) in [7, 11) is 0. The van der Waals surface area contributed by atoms with E-state index in [0.717, 1.165) is 24.9 Å². The molecule has 172 valence electrons. The first kappa shape index (κ1) is 22.6. The number of piperidine rings is 1. The van der Waals surface area contributed by atoms with Crippen molar-refractivity contribution in [2.75, 3.05) is 19.6 Å². The van der Waals surface area contributed by atoms with Gasteiger partial charge >= 0.3 is 0 Å². The van der Waals surface area contributed by atoms with Gasteiger partial charge in [-0.05, 0) is 50.0 Å². The number of carbonyl (C=O) groups excluding carboxylic acids is 2. The van der Waals surface area contributed by atoms with Gasteiger partial charge in [0.25, 0.3) is 5.91 Å². The molecule has 2 atom stereocenters. The predicted molar refractivity (Wildman–Crippen MR) is 127 cm³/mol. The maximum atomic E-state index is 13.0. The van der Waals surface area contributed by atoms with E-state index in [-0.39, 0.29) is 35.2 Å². The van der Waals surface area contributed by atoms with Crippen LogP contribution in [-0.2, 0) is 4.79 Å². The Kier molecular flexibility index (Phi) is 7.30. The number of nitrogens with one attached hydrogen (secondary N) is 2. The Hall–Kier alpha value is -2.60. The van der Waals surface area contributed by atoms with E-state index in [9.17, 15) is 14.7 Å². The second kappa shape index (κ2) is 10.3. The Balaban J connectivity index is 1.44. The third-order valence-corrected chi connectivity index (χ3v) is 7.06. The Morgan fingerprint density at radius 2 is 1.84 bits per heavy atom. The molecule has 2 amide bonds. The molecule has 0 spiro atoms. The molecule has 1 saturated carbocycles. The second-order valence-corrected chi connectivity index (χ2v) is 9.29. The summed E-state index contributed by atoms with van der Waals surface area (Å²) in [5.41, 5.74) is 0.280. The zero-order valence-corrected chi connectivity index (χ0v) is 19.0. The number of fused-ring (bicyclic) bond motifs is 1. The highest BCUT2D eigenvalue weighted by Gasteiger charge is 2.35.